The van der Waals surface area contributed by atoms with Crippen LogP contribution in [-0.2, 0) is 15.0 Å². The molecule has 0 aromatic heterocycles. The Bertz CT molecular complexity index is 437. The molecule has 0 aromatic carbocycles. The average Bonchev–Trinajstić information content (AvgIpc) is 2.88. The molecule has 6 nitrogen and oxygen atoms in total. The molecule has 2 heterocycles. The second-order valence-electron chi connectivity index (χ2n) is 5.36. The van der Waals surface area contributed by atoms with E-state index in [0.717, 1.165) is 19.3 Å². The number of carboxylic acids is 1. The molecule has 2 saturated heterocycles. The van der Waals surface area contributed by atoms with Crippen molar-refractivity contribution in [2.45, 2.75) is 45.1 Å². The summed E-state index contributed by atoms with van der Waals surface area (Å²) in [6, 6.07) is 0.0789. The molecule has 0 aliphatic carbocycles. The zero-order valence-electron chi connectivity index (χ0n) is 11.3. The Labute approximate surface area is 114 Å². The normalized spacial score (nSPS) is 30.6. The van der Waals surface area contributed by atoms with Crippen molar-refractivity contribution in [1.82, 2.24) is 8.61 Å². The SMILES string of the molecule is CCC1CCCN1S(=O)(=O)N1CCCC(C(=O)O)C1. The summed E-state index contributed by atoms with van der Waals surface area (Å²) in [4.78, 5) is 11.0. The van der Waals surface area contributed by atoms with Crippen molar-refractivity contribution in [2.75, 3.05) is 19.6 Å². The van der Waals surface area contributed by atoms with Gasteiger partial charge in [-0.3, -0.25) is 4.79 Å². The van der Waals surface area contributed by atoms with Crippen molar-refractivity contribution in [3.63, 3.8) is 0 Å². The van der Waals surface area contributed by atoms with Crippen molar-refractivity contribution in [2.24, 2.45) is 5.92 Å². The van der Waals surface area contributed by atoms with Crippen molar-refractivity contribution in [1.29, 1.82) is 0 Å². The molecule has 0 aromatic rings. The fourth-order valence-electron chi connectivity index (χ4n) is 3.02. The maximum Gasteiger partial charge on any atom is 0.307 e. The molecule has 0 radical (unpaired) electrons. The van der Waals surface area contributed by atoms with Crippen LogP contribution in [0.1, 0.15) is 39.0 Å². The molecule has 19 heavy (non-hydrogen) atoms. The third kappa shape index (κ3) is 2.93. The van der Waals surface area contributed by atoms with Gasteiger partial charge in [-0.15, -0.1) is 0 Å². The van der Waals surface area contributed by atoms with Crippen LogP contribution in [0, 0.1) is 5.92 Å². The predicted octanol–water partition coefficient (Wildman–Crippen LogP) is 0.902. The van der Waals surface area contributed by atoms with Crippen LogP contribution in [-0.4, -0.2) is 53.8 Å². The van der Waals surface area contributed by atoms with Gasteiger partial charge in [-0.25, -0.2) is 0 Å². The monoisotopic (exact) mass is 290 g/mol. The van der Waals surface area contributed by atoms with Gasteiger partial charge in [0.25, 0.3) is 10.2 Å². The zero-order valence-corrected chi connectivity index (χ0v) is 12.1. The molecule has 2 atom stereocenters. The van der Waals surface area contributed by atoms with Gasteiger partial charge in [0.1, 0.15) is 0 Å². The van der Waals surface area contributed by atoms with E-state index in [-0.39, 0.29) is 12.6 Å². The minimum Gasteiger partial charge on any atom is -0.481 e. The first kappa shape index (κ1) is 14.7. The highest BCUT2D eigenvalue weighted by atomic mass is 32.2. The third-order valence-electron chi connectivity index (χ3n) is 4.15. The largest absolute Gasteiger partial charge is 0.481 e. The minimum atomic E-state index is -3.49. The van der Waals surface area contributed by atoms with Crippen LogP contribution >= 0.6 is 0 Å². The van der Waals surface area contributed by atoms with Crippen LogP contribution in [0.5, 0.6) is 0 Å². The van der Waals surface area contributed by atoms with Gasteiger partial charge in [0, 0.05) is 25.7 Å². The molecule has 2 rings (SSSR count). The van der Waals surface area contributed by atoms with Gasteiger partial charge in [0.15, 0.2) is 0 Å². The lowest BCUT2D eigenvalue weighted by Crippen LogP contribution is -2.50. The predicted molar refractivity (Wildman–Crippen MR) is 70.9 cm³/mol. The van der Waals surface area contributed by atoms with Crippen molar-refractivity contribution < 1.29 is 18.3 Å². The van der Waals surface area contributed by atoms with Crippen molar-refractivity contribution >= 4 is 16.2 Å². The zero-order chi connectivity index (χ0) is 14.0. The molecule has 2 fully saturated rings. The Balaban J connectivity index is 2.13. The van der Waals surface area contributed by atoms with Crippen LogP contribution < -0.4 is 0 Å². The molecule has 2 aliphatic heterocycles. The van der Waals surface area contributed by atoms with Crippen molar-refractivity contribution in [3.05, 3.63) is 0 Å². The fourth-order valence-corrected chi connectivity index (χ4v) is 5.04. The molecular weight excluding hydrogens is 268 g/mol. The number of rotatable bonds is 4. The first-order valence-corrected chi connectivity index (χ1v) is 8.36. The van der Waals surface area contributed by atoms with E-state index in [1.54, 1.807) is 4.31 Å². The first-order chi connectivity index (χ1) is 8.96. The standard InChI is InChI=1S/C12H22N2O4S/c1-2-11-6-4-8-14(11)19(17,18)13-7-3-5-10(9-13)12(15)16/h10-11H,2-9H2,1H3,(H,15,16). The molecule has 2 unspecified atom stereocenters. The number of carboxylic acid groups (broad SMARTS) is 1. The summed E-state index contributed by atoms with van der Waals surface area (Å²) in [6.07, 6.45) is 3.81. The maximum absolute atomic E-state index is 12.6. The molecular formula is C12H22N2O4S. The summed E-state index contributed by atoms with van der Waals surface area (Å²) < 4.78 is 28.1. The van der Waals surface area contributed by atoms with Gasteiger partial charge in [0.2, 0.25) is 0 Å². The number of piperidine rings is 1. The highest BCUT2D eigenvalue weighted by molar-refractivity contribution is 7.86. The van der Waals surface area contributed by atoms with Crippen LogP contribution in [0.3, 0.4) is 0 Å². The van der Waals surface area contributed by atoms with Crippen LogP contribution in [0.2, 0.25) is 0 Å². The molecule has 0 bridgehead atoms. The lowest BCUT2D eigenvalue weighted by molar-refractivity contribution is -0.142. The summed E-state index contributed by atoms with van der Waals surface area (Å²) in [5.74, 6) is -1.46. The van der Waals surface area contributed by atoms with Gasteiger partial charge in [-0.1, -0.05) is 6.92 Å². The fraction of sp³-hybridized carbons (Fsp3) is 0.917. The number of carbonyl (C=O) groups is 1. The summed E-state index contributed by atoms with van der Waals surface area (Å²) >= 11 is 0. The molecule has 7 heteroatoms. The van der Waals surface area contributed by atoms with E-state index in [4.69, 9.17) is 5.11 Å². The summed E-state index contributed by atoms with van der Waals surface area (Å²) in [5.41, 5.74) is 0. The maximum atomic E-state index is 12.6. The van der Waals surface area contributed by atoms with E-state index < -0.39 is 22.1 Å². The van der Waals surface area contributed by atoms with E-state index in [1.165, 1.54) is 4.31 Å². The Morgan fingerprint density at radius 2 is 1.95 bits per heavy atom. The van der Waals surface area contributed by atoms with Gasteiger partial charge in [0.05, 0.1) is 5.92 Å². The van der Waals surface area contributed by atoms with E-state index in [9.17, 15) is 13.2 Å². The lowest BCUT2D eigenvalue weighted by atomic mass is 10.0. The highest BCUT2D eigenvalue weighted by Crippen LogP contribution is 2.28. The molecule has 0 spiro atoms. The second kappa shape index (κ2) is 5.76. The Kier molecular flexibility index (Phi) is 4.47. The van der Waals surface area contributed by atoms with Gasteiger partial charge < -0.3 is 5.11 Å². The van der Waals surface area contributed by atoms with Crippen molar-refractivity contribution in [3.8, 4) is 0 Å². The number of nitrogens with zero attached hydrogens (tertiary/aromatic N) is 2. The average molecular weight is 290 g/mol. The van der Waals surface area contributed by atoms with Crippen LogP contribution in [0.15, 0.2) is 0 Å². The van der Waals surface area contributed by atoms with E-state index in [1.807, 2.05) is 6.92 Å². The quantitative estimate of drug-likeness (QED) is 0.834. The number of aliphatic carboxylic acids is 1. The number of hydrogen-bond acceptors (Lipinski definition) is 3. The number of hydrogen-bond donors (Lipinski definition) is 1. The Morgan fingerprint density at radius 3 is 2.58 bits per heavy atom. The molecule has 1 N–H and O–H groups in total. The Morgan fingerprint density at radius 1 is 1.26 bits per heavy atom. The van der Waals surface area contributed by atoms with Gasteiger partial charge in [-0.05, 0) is 32.1 Å². The van der Waals surface area contributed by atoms with E-state index in [0.29, 0.717) is 25.9 Å². The second-order valence-corrected chi connectivity index (χ2v) is 7.24. The molecule has 110 valence electrons. The summed E-state index contributed by atoms with van der Waals surface area (Å²) in [7, 11) is -3.49. The van der Waals surface area contributed by atoms with Crippen LogP contribution in [0.25, 0.3) is 0 Å². The van der Waals surface area contributed by atoms with E-state index in [2.05, 4.69) is 0 Å². The summed E-state index contributed by atoms with van der Waals surface area (Å²) in [6.45, 7) is 3.12. The smallest absolute Gasteiger partial charge is 0.307 e. The van der Waals surface area contributed by atoms with Crippen LogP contribution in [0.4, 0.5) is 0 Å². The lowest BCUT2D eigenvalue weighted by Gasteiger charge is -2.34. The van der Waals surface area contributed by atoms with Gasteiger partial charge >= 0.3 is 5.97 Å². The third-order valence-corrected chi connectivity index (χ3v) is 6.21. The highest BCUT2D eigenvalue weighted by Gasteiger charge is 2.40. The Hall–Kier alpha value is -0.660. The molecule has 0 amide bonds. The molecule has 0 saturated carbocycles. The first-order valence-electron chi connectivity index (χ1n) is 6.96. The minimum absolute atomic E-state index is 0.0789. The summed E-state index contributed by atoms with van der Waals surface area (Å²) in [5, 5.41) is 9.05. The van der Waals surface area contributed by atoms with Gasteiger partial charge in [-0.2, -0.15) is 17.0 Å². The van der Waals surface area contributed by atoms with E-state index >= 15 is 0 Å². The topological polar surface area (TPSA) is 77.9 Å². The molecule has 2 aliphatic rings.